The van der Waals surface area contributed by atoms with Crippen LogP contribution in [0.4, 0.5) is 5.95 Å². The first kappa shape index (κ1) is 12.3. The molecular formula is C16H17N5. The first-order chi connectivity index (χ1) is 10.4. The molecule has 5 nitrogen and oxygen atoms in total. The molecule has 0 spiro atoms. The number of aromatic nitrogens is 4. The van der Waals surface area contributed by atoms with Crippen LogP contribution in [0, 0.1) is 5.92 Å². The SMILES string of the molecule is c1cnc(N2CC[C@@H](Cc3cnc4[nH]ccc4c3)C2)nc1. The Morgan fingerprint density at radius 1 is 1.24 bits per heavy atom. The third-order valence-electron chi connectivity index (χ3n) is 4.10. The van der Waals surface area contributed by atoms with Gasteiger partial charge in [-0.25, -0.2) is 15.0 Å². The molecule has 0 aliphatic carbocycles. The van der Waals surface area contributed by atoms with Crippen LogP contribution >= 0.6 is 0 Å². The van der Waals surface area contributed by atoms with Gasteiger partial charge in [0.25, 0.3) is 0 Å². The fourth-order valence-electron chi connectivity index (χ4n) is 3.07. The molecule has 106 valence electrons. The van der Waals surface area contributed by atoms with Crippen molar-refractivity contribution in [2.24, 2.45) is 5.92 Å². The molecule has 0 radical (unpaired) electrons. The third-order valence-corrected chi connectivity index (χ3v) is 4.10. The molecule has 1 aliphatic rings. The average Bonchev–Trinajstić information content (AvgIpc) is 3.17. The predicted octanol–water partition coefficient (Wildman–Crippen LogP) is 2.42. The molecule has 0 amide bonds. The lowest BCUT2D eigenvalue weighted by atomic mass is 9.99. The van der Waals surface area contributed by atoms with Crippen LogP contribution in [0.15, 0.2) is 43.0 Å². The van der Waals surface area contributed by atoms with Crippen LogP contribution in [0.5, 0.6) is 0 Å². The minimum absolute atomic E-state index is 0.645. The zero-order valence-electron chi connectivity index (χ0n) is 11.7. The summed E-state index contributed by atoms with van der Waals surface area (Å²) in [6.45, 7) is 2.06. The summed E-state index contributed by atoms with van der Waals surface area (Å²) in [5.41, 5.74) is 2.27. The minimum atomic E-state index is 0.645. The molecule has 1 atom stereocenters. The van der Waals surface area contributed by atoms with Crippen LogP contribution in [0.3, 0.4) is 0 Å². The van der Waals surface area contributed by atoms with Crippen molar-refractivity contribution in [1.82, 2.24) is 19.9 Å². The van der Waals surface area contributed by atoms with E-state index in [-0.39, 0.29) is 0 Å². The lowest BCUT2D eigenvalue weighted by Gasteiger charge is -2.15. The smallest absolute Gasteiger partial charge is 0.225 e. The molecule has 1 N–H and O–H groups in total. The Bertz CT molecular complexity index is 737. The van der Waals surface area contributed by atoms with Gasteiger partial charge < -0.3 is 9.88 Å². The second kappa shape index (κ2) is 5.16. The van der Waals surface area contributed by atoms with Crippen molar-refractivity contribution in [2.75, 3.05) is 18.0 Å². The lowest BCUT2D eigenvalue weighted by Crippen LogP contribution is -2.22. The van der Waals surface area contributed by atoms with Crippen molar-refractivity contribution >= 4 is 17.0 Å². The van der Waals surface area contributed by atoms with E-state index in [9.17, 15) is 0 Å². The maximum atomic E-state index is 4.47. The van der Waals surface area contributed by atoms with Gasteiger partial charge in [0.2, 0.25) is 5.95 Å². The van der Waals surface area contributed by atoms with Gasteiger partial charge in [-0.1, -0.05) is 0 Å². The van der Waals surface area contributed by atoms with Gasteiger partial charge in [0, 0.05) is 43.3 Å². The highest BCUT2D eigenvalue weighted by atomic mass is 15.3. The molecule has 0 bridgehead atoms. The van der Waals surface area contributed by atoms with Crippen LogP contribution in [0.1, 0.15) is 12.0 Å². The van der Waals surface area contributed by atoms with Crippen LogP contribution in [0.2, 0.25) is 0 Å². The Morgan fingerprint density at radius 3 is 3.05 bits per heavy atom. The Kier molecular flexibility index (Phi) is 3.03. The molecule has 4 heterocycles. The van der Waals surface area contributed by atoms with Gasteiger partial charge in [0.15, 0.2) is 0 Å². The highest BCUT2D eigenvalue weighted by molar-refractivity contribution is 5.75. The van der Waals surface area contributed by atoms with Crippen molar-refractivity contribution in [3.05, 3.63) is 48.5 Å². The van der Waals surface area contributed by atoms with E-state index in [1.54, 1.807) is 12.4 Å². The summed E-state index contributed by atoms with van der Waals surface area (Å²) in [6.07, 6.45) is 9.78. The van der Waals surface area contributed by atoms with Crippen molar-refractivity contribution < 1.29 is 0 Å². The van der Waals surface area contributed by atoms with Crippen LogP contribution in [-0.2, 0) is 6.42 Å². The zero-order chi connectivity index (χ0) is 14.1. The summed E-state index contributed by atoms with van der Waals surface area (Å²) in [7, 11) is 0. The molecule has 21 heavy (non-hydrogen) atoms. The van der Waals surface area contributed by atoms with Crippen molar-refractivity contribution in [1.29, 1.82) is 0 Å². The van der Waals surface area contributed by atoms with Gasteiger partial charge in [-0.3, -0.25) is 0 Å². The van der Waals surface area contributed by atoms with Gasteiger partial charge in [-0.2, -0.15) is 0 Å². The van der Waals surface area contributed by atoms with Crippen molar-refractivity contribution in [3.63, 3.8) is 0 Å². The first-order valence-corrected chi connectivity index (χ1v) is 7.32. The number of hydrogen-bond donors (Lipinski definition) is 1. The highest BCUT2D eigenvalue weighted by Gasteiger charge is 2.24. The molecule has 4 rings (SSSR count). The second-order valence-electron chi connectivity index (χ2n) is 5.61. The van der Waals surface area contributed by atoms with E-state index < -0.39 is 0 Å². The Balaban J connectivity index is 1.46. The van der Waals surface area contributed by atoms with E-state index in [0.29, 0.717) is 5.92 Å². The molecule has 0 aromatic carbocycles. The molecule has 0 saturated carbocycles. The summed E-state index contributed by atoms with van der Waals surface area (Å²) >= 11 is 0. The van der Waals surface area contributed by atoms with E-state index in [4.69, 9.17) is 0 Å². The van der Waals surface area contributed by atoms with Crippen LogP contribution in [-0.4, -0.2) is 33.0 Å². The predicted molar refractivity (Wildman–Crippen MR) is 82.1 cm³/mol. The first-order valence-electron chi connectivity index (χ1n) is 7.32. The summed E-state index contributed by atoms with van der Waals surface area (Å²) < 4.78 is 0. The number of fused-ring (bicyclic) bond motifs is 1. The maximum Gasteiger partial charge on any atom is 0.225 e. The number of anilines is 1. The van der Waals surface area contributed by atoms with Crippen molar-refractivity contribution in [3.8, 4) is 0 Å². The number of aromatic amines is 1. The van der Waals surface area contributed by atoms with Gasteiger partial charge in [0.1, 0.15) is 5.65 Å². The second-order valence-corrected chi connectivity index (χ2v) is 5.61. The monoisotopic (exact) mass is 279 g/mol. The largest absolute Gasteiger partial charge is 0.346 e. The molecule has 1 saturated heterocycles. The summed E-state index contributed by atoms with van der Waals surface area (Å²) in [6, 6.07) is 6.17. The van der Waals surface area contributed by atoms with Crippen molar-refractivity contribution in [2.45, 2.75) is 12.8 Å². The normalized spacial score (nSPS) is 18.5. The topological polar surface area (TPSA) is 57.7 Å². The zero-order valence-corrected chi connectivity index (χ0v) is 11.7. The van der Waals surface area contributed by atoms with Gasteiger partial charge in [-0.15, -0.1) is 0 Å². The molecular weight excluding hydrogens is 262 g/mol. The number of rotatable bonds is 3. The molecule has 3 aromatic heterocycles. The minimum Gasteiger partial charge on any atom is -0.346 e. The van der Waals surface area contributed by atoms with Gasteiger partial charge in [-0.05, 0) is 42.5 Å². The maximum absolute atomic E-state index is 4.47. The number of nitrogens with one attached hydrogen (secondary N) is 1. The number of pyridine rings is 1. The molecule has 5 heteroatoms. The van der Waals surface area contributed by atoms with Gasteiger partial charge >= 0.3 is 0 Å². The van der Waals surface area contributed by atoms with E-state index in [1.165, 1.54) is 17.4 Å². The van der Waals surface area contributed by atoms with E-state index >= 15 is 0 Å². The molecule has 0 unspecified atom stereocenters. The Morgan fingerprint density at radius 2 is 2.14 bits per heavy atom. The fourth-order valence-corrected chi connectivity index (χ4v) is 3.07. The molecule has 3 aromatic rings. The Hall–Kier alpha value is -2.43. The van der Waals surface area contributed by atoms with E-state index in [2.05, 4.69) is 37.0 Å². The summed E-state index contributed by atoms with van der Waals surface area (Å²) in [5.74, 6) is 1.49. The number of hydrogen-bond acceptors (Lipinski definition) is 4. The quantitative estimate of drug-likeness (QED) is 0.800. The summed E-state index contributed by atoms with van der Waals surface area (Å²) in [5, 5.41) is 1.19. The molecule has 1 fully saturated rings. The number of H-pyrrole nitrogens is 1. The fraction of sp³-hybridized carbons (Fsp3) is 0.312. The Labute approximate surface area is 123 Å². The average molecular weight is 279 g/mol. The van der Waals surface area contributed by atoms with E-state index in [0.717, 1.165) is 31.1 Å². The molecule has 1 aliphatic heterocycles. The summed E-state index contributed by atoms with van der Waals surface area (Å²) in [4.78, 5) is 18.5. The van der Waals surface area contributed by atoms with Crippen LogP contribution < -0.4 is 4.90 Å². The van der Waals surface area contributed by atoms with Gasteiger partial charge in [0.05, 0.1) is 0 Å². The highest BCUT2D eigenvalue weighted by Crippen LogP contribution is 2.24. The lowest BCUT2D eigenvalue weighted by molar-refractivity contribution is 0.585. The van der Waals surface area contributed by atoms with Crippen LogP contribution in [0.25, 0.3) is 11.0 Å². The number of nitrogens with zero attached hydrogens (tertiary/aromatic N) is 4. The third kappa shape index (κ3) is 2.46. The van der Waals surface area contributed by atoms with E-state index in [1.807, 2.05) is 18.5 Å². The standard InChI is InChI=1S/C16H17N5/c1-4-18-16(19-5-1)21-7-3-12(11-21)8-13-9-14-2-6-17-15(14)20-10-13/h1-2,4-6,9-10,12H,3,7-8,11H2,(H,17,20)/t12-/m0/s1.